The van der Waals surface area contributed by atoms with Crippen molar-refractivity contribution in [2.45, 2.75) is 25.8 Å². The van der Waals surface area contributed by atoms with Crippen LogP contribution < -0.4 is 16.0 Å². The smallest absolute Gasteiger partial charge is 0.242 e. The zero-order valence-corrected chi connectivity index (χ0v) is 10.4. The first-order valence-corrected chi connectivity index (χ1v) is 5.98. The van der Waals surface area contributed by atoms with E-state index in [1.54, 1.807) is 7.05 Å². The summed E-state index contributed by atoms with van der Waals surface area (Å²) >= 11 is 0. The first-order valence-electron chi connectivity index (χ1n) is 5.98. The van der Waals surface area contributed by atoms with E-state index in [2.05, 4.69) is 10.2 Å². The number of nitrogens with two attached hydrogens (primary N) is 1. The van der Waals surface area contributed by atoms with Crippen molar-refractivity contribution in [3.05, 3.63) is 23.8 Å². The van der Waals surface area contributed by atoms with E-state index in [0.29, 0.717) is 0 Å². The van der Waals surface area contributed by atoms with Crippen LogP contribution in [0.3, 0.4) is 0 Å². The van der Waals surface area contributed by atoms with Crippen LogP contribution in [0.1, 0.15) is 18.4 Å². The summed E-state index contributed by atoms with van der Waals surface area (Å²) in [6, 6.07) is 5.91. The van der Waals surface area contributed by atoms with Crippen LogP contribution in [0, 0.1) is 6.92 Å². The molecule has 0 bridgehead atoms. The first-order chi connectivity index (χ1) is 8.13. The molecule has 17 heavy (non-hydrogen) atoms. The van der Waals surface area contributed by atoms with E-state index in [1.807, 2.05) is 25.1 Å². The second-order valence-electron chi connectivity index (χ2n) is 4.53. The minimum Gasteiger partial charge on any atom is -0.397 e. The number of nitrogen functional groups attached to an aromatic ring is 1. The van der Waals surface area contributed by atoms with Crippen LogP contribution in [0.15, 0.2) is 18.2 Å². The van der Waals surface area contributed by atoms with E-state index in [4.69, 9.17) is 5.73 Å². The number of likely N-dealkylation sites (N-methyl/N-ethyl adjacent to an activating group) is 1. The van der Waals surface area contributed by atoms with Gasteiger partial charge in [0, 0.05) is 13.6 Å². The summed E-state index contributed by atoms with van der Waals surface area (Å²) in [5.41, 5.74) is 8.90. The van der Waals surface area contributed by atoms with Crippen LogP contribution in [-0.4, -0.2) is 25.5 Å². The number of nitrogens with one attached hydrogen (secondary N) is 1. The number of carbonyl (C=O) groups excluding carboxylic acids is 1. The Morgan fingerprint density at radius 2 is 2.29 bits per heavy atom. The minimum absolute atomic E-state index is 0.0717. The number of hydrogen-bond donors (Lipinski definition) is 2. The Hall–Kier alpha value is -1.71. The summed E-state index contributed by atoms with van der Waals surface area (Å²) in [6.07, 6.45) is 1.93. The van der Waals surface area contributed by atoms with Gasteiger partial charge in [0.1, 0.15) is 6.04 Å². The molecule has 1 amide bonds. The van der Waals surface area contributed by atoms with E-state index in [0.717, 1.165) is 36.3 Å². The lowest BCUT2D eigenvalue weighted by Crippen LogP contribution is -2.42. The number of hydrogen-bond acceptors (Lipinski definition) is 3. The molecule has 0 radical (unpaired) electrons. The third-order valence-corrected chi connectivity index (χ3v) is 3.29. The van der Waals surface area contributed by atoms with Gasteiger partial charge < -0.3 is 16.0 Å². The van der Waals surface area contributed by atoms with Gasteiger partial charge >= 0.3 is 0 Å². The normalized spacial score (nSPS) is 19.4. The van der Waals surface area contributed by atoms with Gasteiger partial charge in [-0.15, -0.1) is 0 Å². The molecule has 4 heteroatoms. The SMILES string of the molecule is CNC(=O)C1CCCN1c1ccc(C)cc1N. The van der Waals surface area contributed by atoms with Gasteiger partial charge in [-0.05, 0) is 37.5 Å². The third-order valence-electron chi connectivity index (χ3n) is 3.29. The van der Waals surface area contributed by atoms with Gasteiger partial charge in [0.2, 0.25) is 5.91 Å². The van der Waals surface area contributed by atoms with Gasteiger partial charge in [-0.25, -0.2) is 0 Å². The van der Waals surface area contributed by atoms with Crippen molar-refractivity contribution in [1.29, 1.82) is 0 Å². The lowest BCUT2D eigenvalue weighted by atomic mass is 10.1. The summed E-state index contributed by atoms with van der Waals surface area (Å²) in [7, 11) is 1.68. The highest BCUT2D eigenvalue weighted by molar-refractivity contribution is 5.87. The molecule has 1 aliphatic rings. The number of anilines is 2. The molecule has 1 fully saturated rings. The Bertz CT molecular complexity index is 431. The predicted molar refractivity (Wildman–Crippen MR) is 70.0 cm³/mol. The number of nitrogens with zero attached hydrogens (tertiary/aromatic N) is 1. The maximum atomic E-state index is 11.8. The average Bonchev–Trinajstić information content (AvgIpc) is 2.77. The molecule has 1 unspecified atom stereocenters. The second kappa shape index (κ2) is 4.65. The fraction of sp³-hybridized carbons (Fsp3) is 0.462. The zero-order valence-electron chi connectivity index (χ0n) is 10.4. The van der Waals surface area contributed by atoms with Crippen molar-refractivity contribution in [3.8, 4) is 0 Å². The molecule has 1 aromatic rings. The highest BCUT2D eigenvalue weighted by Crippen LogP contribution is 2.31. The molecule has 0 aliphatic carbocycles. The Kier molecular flexibility index (Phi) is 3.22. The van der Waals surface area contributed by atoms with E-state index in [1.165, 1.54) is 0 Å². The lowest BCUT2D eigenvalue weighted by Gasteiger charge is -2.26. The third kappa shape index (κ3) is 2.20. The van der Waals surface area contributed by atoms with Gasteiger partial charge in [-0.3, -0.25) is 4.79 Å². The summed E-state index contributed by atoms with van der Waals surface area (Å²) in [4.78, 5) is 13.9. The number of rotatable bonds is 2. The van der Waals surface area contributed by atoms with E-state index < -0.39 is 0 Å². The van der Waals surface area contributed by atoms with Gasteiger partial charge in [0.15, 0.2) is 0 Å². The van der Waals surface area contributed by atoms with Gasteiger partial charge in [0.25, 0.3) is 0 Å². The van der Waals surface area contributed by atoms with Crippen molar-refractivity contribution in [2.75, 3.05) is 24.2 Å². The Balaban J connectivity index is 2.29. The van der Waals surface area contributed by atoms with Crippen LogP contribution in [-0.2, 0) is 4.79 Å². The van der Waals surface area contributed by atoms with E-state index in [-0.39, 0.29) is 11.9 Å². The fourth-order valence-electron chi connectivity index (χ4n) is 2.43. The molecule has 2 rings (SSSR count). The second-order valence-corrected chi connectivity index (χ2v) is 4.53. The molecule has 0 spiro atoms. The number of amides is 1. The van der Waals surface area contributed by atoms with Crippen LogP contribution in [0.5, 0.6) is 0 Å². The van der Waals surface area contributed by atoms with Gasteiger partial charge in [-0.1, -0.05) is 6.07 Å². The van der Waals surface area contributed by atoms with Gasteiger partial charge in [-0.2, -0.15) is 0 Å². The summed E-state index contributed by atoms with van der Waals surface area (Å²) in [5.74, 6) is 0.0717. The van der Waals surface area contributed by atoms with Crippen molar-refractivity contribution in [2.24, 2.45) is 0 Å². The molecule has 3 N–H and O–H groups in total. The Labute approximate surface area is 102 Å². The maximum Gasteiger partial charge on any atom is 0.242 e. The van der Waals surface area contributed by atoms with Gasteiger partial charge in [0.05, 0.1) is 11.4 Å². The standard InChI is InChI=1S/C13H19N3O/c1-9-5-6-11(10(14)8-9)16-7-3-4-12(16)13(17)15-2/h5-6,8,12H,3-4,7,14H2,1-2H3,(H,15,17). The van der Waals surface area contributed by atoms with E-state index in [9.17, 15) is 4.79 Å². The number of benzene rings is 1. The van der Waals surface area contributed by atoms with Crippen molar-refractivity contribution >= 4 is 17.3 Å². The Morgan fingerprint density at radius 1 is 1.53 bits per heavy atom. The zero-order chi connectivity index (χ0) is 12.4. The molecule has 1 aromatic carbocycles. The summed E-state index contributed by atoms with van der Waals surface area (Å²) in [5, 5.41) is 2.72. The molecule has 0 saturated carbocycles. The topological polar surface area (TPSA) is 58.4 Å². The first kappa shape index (κ1) is 11.8. The molecule has 1 atom stereocenters. The highest BCUT2D eigenvalue weighted by Gasteiger charge is 2.30. The predicted octanol–water partition coefficient (Wildman–Crippen LogP) is 1.29. The minimum atomic E-state index is -0.0787. The van der Waals surface area contributed by atoms with Crippen molar-refractivity contribution in [3.63, 3.8) is 0 Å². The molecule has 1 saturated heterocycles. The number of aryl methyl sites for hydroxylation is 1. The Morgan fingerprint density at radius 3 is 2.94 bits per heavy atom. The monoisotopic (exact) mass is 233 g/mol. The highest BCUT2D eigenvalue weighted by atomic mass is 16.2. The quantitative estimate of drug-likeness (QED) is 0.757. The molecular weight excluding hydrogens is 214 g/mol. The van der Waals surface area contributed by atoms with Crippen LogP contribution in [0.2, 0.25) is 0 Å². The van der Waals surface area contributed by atoms with Crippen LogP contribution in [0.25, 0.3) is 0 Å². The largest absolute Gasteiger partial charge is 0.397 e. The molecule has 92 valence electrons. The molecule has 1 heterocycles. The fourth-order valence-corrected chi connectivity index (χ4v) is 2.43. The van der Waals surface area contributed by atoms with Crippen LogP contribution >= 0.6 is 0 Å². The lowest BCUT2D eigenvalue weighted by molar-refractivity contribution is -0.121. The maximum absolute atomic E-state index is 11.8. The summed E-state index contributed by atoms with van der Waals surface area (Å²) in [6.45, 7) is 2.91. The van der Waals surface area contributed by atoms with Crippen molar-refractivity contribution < 1.29 is 4.79 Å². The molecule has 4 nitrogen and oxygen atoms in total. The molecule has 0 aromatic heterocycles. The number of carbonyl (C=O) groups is 1. The van der Waals surface area contributed by atoms with Crippen molar-refractivity contribution in [1.82, 2.24) is 5.32 Å². The average molecular weight is 233 g/mol. The van der Waals surface area contributed by atoms with Crippen LogP contribution in [0.4, 0.5) is 11.4 Å². The molecular formula is C13H19N3O. The summed E-state index contributed by atoms with van der Waals surface area (Å²) < 4.78 is 0. The van der Waals surface area contributed by atoms with E-state index >= 15 is 0 Å². The molecule has 1 aliphatic heterocycles.